The fraction of sp³-hybridized carbons (Fsp3) is 0.0769. The van der Waals surface area contributed by atoms with E-state index in [1.807, 2.05) is 30.3 Å². The Morgan fingerprint density at radius 2 is 2.11 bits per heavy atom. The lowest BCUT2D eigenvalue weighted by Gasteiger charge is -2.05. The van der Waals surface area contributed by atoms with E-state index in [0.29, 0.717) is 5.69 Å². The van der Waals surface area contributed by atoms with Gasteiger partial charge in [0.25, 0.3) is 0 Å². The summed E-state index contributed by atoms with van der Waals surface area (Å²) in [6.07, 6.45) is 1.62. The minimum atomic E-state index is -0.00640. The Balaban J connectivity index is 2.23. The Morgan fingerprint density at radius 1 is 1.32 bits per heavy atom. The summed E-state index contributed by atoms with van der Waals surface area (Å²) < 4.78 is 5.17. The van der Waals surface area contributed by atoms with Crippen molar-refractivity contribution in [2.24, 2.45) is 10.9 Å². The van der Waals surface area contributed by atoms with Gasteiger partial charge in [-0.05, 0) is 30.3 Å². The highest BCUT2D eigenvalue weighted by Gasteiger charge is 2.04. The molecule has 0 saturated carbocycles. The third-order valence-electron chi connectivity index (χ3n) is 2.38. The number of oxime groups is 1. The maximum absolute atomic E-state index is 8.64. The fourth-order valence-electron chi connectivity index (χ4n) is 1.47. The van der Waals surface area contributed by atoms with Crippen LogP contribution < -0.4 is 10.5 Å². The number of pyridine rings is 1. The Hall–Kier alpha value is -2.21. The summed E-state index contributed by atoms with van der Waals surface area (Å²) in [6, 6.07) is 11.4. The Morgan fingerprint density at radius 3 is 2.84 bits per heavy atom. The van der Waals surface area contributed by atoms with E-state index < -0.39 is 0 Å². The number of rotatable bonds is 4. The van der Waals surface area contributed by atoms with Crippen molar-refractivity contribution in [1.29, 1.82) is 0 Å². The first-order valence-corrected chi connectivity index (χ1v) is 6.30. The van der Waals surface area contributed by atoms with Crippen molar-refractivity contribution < 1.29 is 9.94 Å². The lowest BCUT2D eigenvalue weighted by molar-refractivity contribution is 0.318. The molecule has 0 aliphatic carbocycles. The number of hydrogen-bond donors (Lipinski definition) is 2. The predicted molar refractivity (Wildman–Crippen MR) is 73.9 cm³/mol. The van der Waals surface area contributed by atoms with E-state index in [2.05, 4.69) is 10.1 Å². The molecular weight excluding hydrogens is 262 g/mol. The Labute approximate surface area is 115 Å². The molecule has 0 atom stereocenters. The zero-order chi connectivity index (χ0) is 13.7. The van der Waals surface area contributed by atoms with E-state index in [4.69, 9.17) is 15.7 Å². The minimum Gasteiger partial charge on any atom is -0.497 e. The van der Waals surface area contributed by atoms with E-state index in [-0.39, 0.29) is 5.84 Å². The number of nitrogens with zero attached hydrogens (tertiary/aromatic N) is 2. The maximum atomic E-state index is 8.64. The first kappa shape index (κ1) is 13.2. The second-order valence-corrected chi connectivity index (χ2v) is 4.79. The van der Waals surface area contributed by atoms with Crippen molar-refractivity contribution in [1.82, 2.24) is 4.98 Å². The third kappa shape index (κ3) is 3.38. The minimum absolute atomic E-state index is 0.00640. The number of nitrogens with two attached hydrogens (primary N) is 1. The van der Waals surface area contributed by atoms with Gasteiger partial charge in [-0.2, -0.15) is 0 Å². The highest BCUT2D eigenvalue weighted by atomic mass is 32.2. The van der Waals surface area contributed by atoms with Crippen LogP contribution in [0.3, 0.4) is 0 Å². The molecule has 98 valence electrons. The number of ether oxygens (including phenoxy) is 1. The quantitative estimate of drug-likeness (QED) is 0.387. The monoisotopic (exact) mass is 275 g/mol. The van der Waals surface area contributed by atoms with Crippen molar-refractivity contribution in [2.75, 3.05) is 7.11 Å². The zero-order valence-corrected chi connectivity index (χ0v) is 11.1. The standard InChI is InChI=1S/C13H13N3O2S/c1-18-9-3-2-4-10(7-9)19-11-5-6-15-12(8-11)13(14)16-17/h2-8,17H,1H3,(H2,14,16). The van der Waals surface area contributed by atoms with Gasteiger partial charge < -0.3 is 15.7 Å². The molecule has 2 rings (SSSR count). The summed E-state index contributed by atoms with van der Waals surface area (Å²) in [5.41, 5.74) is 5.95. The summed E-state index contributed by atoms with van der Waals surface area (Å²) in [5, 5.41) is 11.6. The molecule has 1 aromatic carbocycles. The molecular formula is C13H13N3O2S. The lowest BCUT2D eigenvalue weighted by atomic mass is 10.3. The molecule has 1 aromatic heterocycles. The number of benzene rings is 1. The second kappa shape index (κ2) is 6.10. The molecule has 0 fully saturated rings. The molecule has 19 heavy (non-hydrogen) atoms. The molecule has 0 amide bonds. The summed E-state index contributed by atoms with van der Waals surface area (Å²) in [5.74, 6) is 0.795. The smallest absolute Gasteiger partial charge is 0.188 e. The van der Waals surface area contributed by atoms with Crippen molar-refractivity contribution in [2.45, 2.75) is 9.79 Å². The van der Waals surface area contributed by atoms with Crippen LogP contribution in [0.15, 0.2) is 57.5 Å². The van der Waals surface area contributed by atoms with Gasteiger partial charge in [-0.3, -0.25) is 4.98 Å². The Bertz CT molecular complexity index is 602. The normalized spacial score (nSPS) is 11.3. The van der Waals surface area contributed by atoms with Crippen LogP contribution in [0.4, 0.5) is 0 Å². The second-order valence-electron chi connectivity index (χ2n) is 3.64. The number of methoxy groups -OCH3 is 1. The highest BCUT2D eigenvalue weighted by Crippen LogP contribution is 2.29. The van der Waals surface area contributed by atoms with Crippen LogP contribution in [0.1, 0.15) is 5.69 Å². The van der Waals surface area contributed by atoms with Crippen LogP contribution in [-0.4, -0.2) is 23.1 Å². The average Bonchev–Trinajstić information content (AvgIpc) is 2.47. The van der Waals surface area contributed by atoms with E-state index in [1.165, 1.54) is 0 Å². The van der Waals surface area contributed by atoms with E-state index in [0.717, 1.165) is 15.5 Å². The van der Waals surface area contributed by atoms with Gasteiger partial charge in [0.1, 0.15) is 11.4 Å². The molecule has 0 bridgehead atoms. The summed E-state index contributed by atoms with van der Waals surface area (Å²) >= 11 is 1.55. The molecule has 6 heteroatoms. The van der Waals surface area contributed by atoms with Crippen molar-refractivity contribution in [3.05, 3.63) is 48.3 Å². The number of aromatic nitrogens is 1. The number of amidine groups is 1. The third-order valence-corrected chi connectivity index (χ3v) is 3.36. The largest absolute Gasteiger partial charge is 0.497 e. The summed E-state index contributed by atoms with van der Waals surface area (Å²) in [6.45, 7) is 0. The van der Waals surface area contributed by atoms with Gasteiger partial charge in [0.2, 0.25) is 0 Å². The van der Waals surface area contributed by atoms with Crippen molar-refractivity contribution in [3.63, 3.8) is 0 Å². The van der Waals surface area contributed by atoms with Gasteiger partial charge in [-0.1, -0.05) is 23.0 Å². The van der Waals surface area contributed by atoms with Gasteiger partial charge in [0, 0.05) is 16.0 Å². The fourth-order valence-corrected chi connectivity index (χ4v) is 2.36. The molecule has 0 aliphatic rings. The van der Waals surface area contributed by atoms with Gasteiger partial charge >= 0.3 is 0 Å². The van der Waals surface area contributed by atoms with Crippen LogP contribution in [0.5, 0.6) is 5.75 Å². The average molecular weight is 275 g/mol. The van der Waals surface area contributed by atoms with E-state index in [1.54, 1.807) is 31.1 Å². The van der Waals surface area contributed by atoms with Crippen LogP contribution in [-0.2, 0) is 0 Å². The molecule has 5 nitrogen and oxygen atoms in total. The SMILES string of the molecule is COc1cccc(Sc2ccnc(C(N)=NO)c2)c1. The molecule has 0 unspecified atom stereocenters. The predicted octanol–water partition coefficient (Wildman–Crippen LogP) is 2.34. The summed E-state index contributed by atoms with van der Waals surface area (Å²) in [4.78, 5) is 6.02. The van der Waals surface area contributed by atoms with Gasteiger partial charge in [-0.15, -0.1) is 0 Å². The number of hydrogen-bond acceptors (Lipinski definition) is 5. The van der Waals surface area contributed by atoms with Gasteiger partial charge in [0.15, 0.2) is 5.84 Å². The topological polar surface area (TPSA) is 80.7 Å². The van der Waals surface area contributed by atoms with Crippen molar-refractivity contribution in [3.8, 4) is 5.75 Å². The first-order valence-electron chi connectivity index (χ1n) is 5.49. The molecule has 0 radical (unpaired) electrons. The van der Waals surface area contributed by atoms with Gasteiger partial charge in [0.05, 0.1) is 7.11 Å². The molecule has 0 saturated heterocycles. The van der Waals surface area contributed by atoms with Crippen molar-refractivity contribution >= 4 is 17.6 Å². The molecule has 0 spiro atoms. The van der Waals surface area contributed by atoms with E-state index in [9.17, 15) is 0 Å². The van der Waals surface area contributed by atoms with Crippen LogP contribution >= 0.6 is 11.8 Å². The lowest BCUT2D eigenvalue weighted by Crippen LogP contribution is -2.14. The van der Waals surface area contributed by atoms with Crippen LogP contribution in [0.25, 0.3) is 0 Å². The van der Waals surface area contributed by atoms with Crippen LogP contribution in [0.2, 0.25) is 0 Å². The van der Waals surface area contributed by atoms with E-state index >= 15 is 0 Å². The highest BCUT2D eigenvalue weighted by molar-refractivity contribution is 7.99. The summed E-state index contributed by atoms with van der Waals surface area (Å²) in [7, 11) is 1.63. The van der Waals surface area contributed by atoms with Gasteiger partial charge in [-0.25, -0.2) is 0 Å². The molecule has 3 N–H and O–H groups in total. The van der Waals surface area contributed by atoms with Crippen LogP contribution in [0, 0.1) is 0 Å². The maximum Gasteiger partial charge on any atom is 0.188 e. The zero-order valence-electron chi connectivity index (χ0n) is 10.3. The molecule has 0 aliphatic heterocycles. The Kier molecular flexibility index (Phi) is 4.25. The first-order chi connectivity index (χ1) is 9.22. The molecule has 2 aromatic rings. The molecule has 1 heterocycles.